The average molecular weight is 280 g/mol. The molecule has 0 nitrogen and oxygen atoms in total. The molecule has 112 valence electrons. The number of rotatable bonds is 3. The van der Waals surface area contributed by atoms with Crippen molar-refractivity contribution in [1.29, 1.82) is 0 Å². The first-order chi connectivity index (χ1) is 9.81. The zero-order valence-corrected chi connectivity index (χ0v) is 14.5. The Bertz CT molecular complexity index is 622. The van der Waals surface area contributed by atoms with Crippen LogP contribution in [0.3, 0.4) is 0 Å². The van der Waals surface area contributed by atoms with Crippen molar-refractivity contribution < 1.29 is 0 Å². The summed E-state index contributed by atoms with van der Waals surface area (Å²) in [4.78, 5) is 0. The van der Waals surface area contributed by atoms with Crippen molar-refractivity contribution in [2.45, 2.75) is 60.3 Å². The minimum atomic E-state index is 0.541. The van der Waals surface area contributed by atoms with Crippen molar-refractivity contribution >= 4 is 0 Å². The topological polar surface area (TPSA) is 0 Å². The fourth-order valence-corrected chi connectivity index (χ4v) is 3.25. The minimum Gasteiger partial charge on any atom is -0.0587 e. The molecule has 0 fully saturated rings. The second-order valence-corrected chi connectivity index (χ2v) is 6.93. The molecule has 0 spiro atoms. The first-order valence-electron chi connectivity index (χ1n) is 8.03. The van der Waals surface area contributed by atoms with Gasteiger partial charge >= 0.3 is 0 Å². The Morgan fingerprint density at radius 3 is 1.76 bits per heavy atom. The van der Waals surface area contributed by atoms with Gasteiger partial charge in [-0.15, -0.1) is 0 Å². The molecule has 0 N–H and O–H groups in total. The van der Waals surface area contributed by atoms with Gasteiger partial charge in [-0.3, -0.25) is 0 Å². The summed E-state index contributed by atoms with van der Waals surface area (Å²) >= 11 is 0. The second kappa shape index (κ2) is 6.05. The van der Waals surface area contributed by atoms with Crippen molar-refractivity contribution in [2.75, 3.05) is 0 Å². The first kappa shape index (κ1) is 15.8. The van der Waals surface area contributed by atoms with Crippen molar-refractivity contribution in [3.8, 4) is 11.1 Å². The lowest BCUT2D eigenvalue weighted by Gasteiger charge is -2.20. The lowest BCUT2D eigenvalue weighted by Crippen LogP contribution is -1.99. The summed E-state index contributed by atoms with van der Waals surface area (Å²) in [6.07, 6.45) is 0. The molecule has 0 amide bonds. The van der Waals surface area contributed by atoms with Gasteiger partial charge in [0.15, 0.2) is 0 Å². The van der Waals surface area contributed by atoms with Crippen LogP contribution in [0.15, 0.2) is 30.3 Å². The van der Waals surface area contributed by atoms with E-state index in [1.807, 2.05) is 0 Å². The Hall–Kier alpha value is -1.56. The van der Waals surface area contributed by atoms with Gasteiger partial charge in [-0.1, -0.05) is 63.6 Å². The van der Waals surface area contributed by atoms with Crippen LogP contribution >= 0.6 is 0 Å². The molecular formula is C21H28. The number of hydrogen-bond acceptors (Lipinski definition) is 0. The molecule has 2 aromatic rings. The van der Waals surface area contributed by atoms with Gasteiger partial charge in [-0.25, -0.2) is 0 Å². The van der Waals surface area contributed by atoms with Crippen LogP contribution < -0.4 is 0 Å². The molecule has 0 bridgehead atoms. The van der Waals surface area contributed by atoms with E-state index in [0.29, 0.717) is 11.8 Å². The highest BCUT2D eigenvalue weighted by molar-refractivity contribution is 5.75. The minimum absolute atomic E-state index is 0.541. The molecule has 0 saturated carbocycles. The maximum absolute atomic E-state index is 2.41. The molecule has 0 aliphatic rings. The van der Waals surface area contributed by atoms with Gasteiger partial charge in [0.25, 0.3) is 0 Å². The van der Waals surface area contributed by atoms with Gasteiger partial charge in [-0.2, -0.15) is 0 Å². The van der Waals surface area contributed by atoms with Crippen LogP contribution in [0.1, 0.15) is 67.3 Å². The quantitative estimate of drug-likeness (QED) is 0.600. The zero-order chi connectivity index (χ0) is 15.7. The van der Waals surface area contributed by atoms with Crippen molar-refractivity contribution in [3.05, 3.63) is 58.1 Å². The van der Waals surface area contributed by atoms with Gasteiger partial charge in [0, 0.05) is 0 Å². The molecular weight excluding hydrogens is 252 g/mol. The molecule has 0 aromatic heterocycles. The standard InChI is InChI=1S/C21H28/c1-13(2)18-8-9-19(20(12-18)14(3)4)21-16(6)10-15(5)11-17(21)7/h8-14H,1-7H3. The molecule has 0 aliphatic heterocycles. The molecule has 0 aliphatic carbocycles. The summed E-state index contributed by atoms with van der Waals surface area (Å²) in [5.74, 6) is 1.12. The fraction of sp³-hybridized carbons (Fsp3) is 0.429. The maximum Gasteiger partial charge on any atom is -0.0122 e. The van der Waals surface area contributed by atoms with E-state index in [4.69, 9.17) is 0 Å². The monoisotopic (exact) mass is 280 g/mol. The molecule has 21 heavy (non-hydrogen) atoms. The Morgan fingerprint density at radius 2 is 1.29 bits per heavy atom. The SMILES string of the molecule is Cc1cc(C)c(-c2ccc(C(C)C)cc2C(C)C)c(C)c1. The van der Waals surface area contributed by atoms with Crippen molar-refractivity contribution in [3.63, 3.8) is 0 Å². The van der Waals surface area contributed by atoms with Crippen LogP contribution in [-0.2, 0) is 0 Å². The maximum atomic E-state index is 2.41. The number of hydrogen-bond donors (Lipinski definition) is 0. The Balaban J connectivity index is 2.69. The summed E-state index contributed by atoms with van der Waals surface area (Å²) < 4.78 is 0. The normalized spacial score (nSPS) is 11.5. The molecule has 0 heteroatoms. The predicted octanol–water partition coefficient (Wildman–Crippen LogP) is 6.53. The van der Waals surface area contributed by atoms with E-state index in [1.54, 1.807) is 0 Å². The second-order valence-electron chi connectivity index (χ2n) is 6.93. The van der Waals surface area contributed by atoms with Crippen LogP contribution in [0.2, 0.25) is 0 Å². The highest BCUT2D eigenvalue weighted by atomic mass is 14.2. The molecule has 0 saturated heterocycles. The van der Waals surface area contributed by atoms with E-state index in [-0.39, 0.29) is 0 Å². The third-order valence-corrected chi connectivity index (χ3v) is 4.31. The lowest BCUT2D eigenvalue weighted by atomic mass is 9.85. The number of aryl methyl sites for hydroxylation is 3. The Kier molecular flexibility index (Phi) is 4.56. The van der Waals surface area contributed by atoms with E-state index in [9.17, 15) is 0 Å². The van der Waals surface area contributed by atoms with Crippen molar-refractivity contribution in [1.82, 2.24) is 0 Å². The molecule has 0 heterocycles. The van der Waals surface area contributed by atoms with Crippen molar-refractivity contribution in [2.24, 2.45) is 0 Å². The average Bonchev–Trinajstić information content (AvgIpc) is 2.37. The largest absolute Gasteiger partial charge is 0.0587 e. The number of benzene rings is 2. The van der Waals surface area contributed by atoms with Gasteiger partial charge in [-0.05, 0) is 66.0 Å². The van der Waals surface area contributed by atoms with Gasteiger partial charge < -0.3 is 0 Å². The van der Waals surface area contributed by atoms with Gasteiger partial charge in [0.2, 0.25) is 0 Å². The summed E-state index contributed by atoms with van der Waals surface area (Å²) in [5, 5.41) is 0. The van der Waals surface area contributed by atoms with E-state index >= 15 is 0 Å². The third kappa shape index (κ3) is 3.20. The van der Waals surface area contributed by atoms with E-state index in [1.165, 1.54) is 38.9 Å². The zero-order valence-electron chi connectivity index (χ0n) is 14.5. The van der Waals surface area contributed by atoms with E-state index < -0.39 is 0 Å². The first-order valence-corrected chi connectivity index (χ1v) is 8.03. The summed E-state index contributed by atoms with van der Waals surface area (Å²) in [7, 11) is 0. The van der Waals surface area contributed by atoms with Crippen LogP contribution in [0.25, 0.3) is 11.1 Å². The smallest absolute Gasteiger partial charge is 0.0122 e. The summed E-state index contributed by atoms with van der Waals surface area (Å²) in [6.45, 7) is 15.8. The molecule has 0 radical (unpaired) electrons. The van der Waals surface area contributed by atoms with Gasteiger partial charge in [0.05, 0.1) is 0 Å². The molecule has 2 rings (SSSR count). The Labute approximate surface area is 130 Å². The lowest BCUT2D eigenvalue weighted by molar-refractivity contribution is 0.835. The van der Waals surface area contributed by atoms with Crippen LogP contribution in [0.5, 0.6) is 0 Å². The highest BCUT2D eigenvalue weighted by Crippen LogP contribution is 2.36. The van der Waals surface area contributed by atoms with Crippen LogP contribution in [-0.4, -0.2) is 0 Å². The molecule has 2 aromatic carbocycles. The summed E-state index contributed by atoms with van der Waals surface area (Å²) in [5.41, 5.74) is 9.84. The fourth-order valence-electron chi connectivity index (χ4n) is 3.25. The van der Waals surface area contributed by atoms with Gasteiger partial charge in [0.1, 0.15) is 0 Å². The van der Waals surface area contributed by atoms with Crippen LogP contribution in [0, 0.1) is 20.8 Å². The Morgan fingerprint density at radius 1 is 0.714 bits per heavy atom. The highest BCUT2D eigenvalue weighted by Gasteiger charge is 2.14. The summed E-state index contributed by atoms with van der Waals surface area (Å²) in [6, 6.07) is 11.6. The van der Waals surface area contributed by atoms with Crippen LogP contribution in [0.4, 0.5) is 0 Å². The van der Waals surface area contributed by atoms with E-state index in [0.717, 1.165) is 0 Å². The molecule has 0 unspecified atom stereocenters. The molecule has 0 atom stereocenters. The van der Waals surface area contributed by atoms with E-state index in [2.05, 4.69) is 78.8 Å². The predicted molar refractivity (Wildman–Crippen MR) is 94.3 cm³/mol. The third-order valence-electron chi connectivity index (χ3n) is 4.31.